The van der Waals surface area contributed by atoms with Crippen LogP contribution >= 0.6 is 11.8 Å². The molecule has 0 aromatic carbocycles. The lowest BCUT2D eigenvalue weighted by molar-refractivity contribution is -0.137. The lowest BCUT2D eigenvalue weighted by Gasteiger charge is -2.26. The van der Waals surface area contributed by atoms with E-state index in [-0.39, 0.29) is 24.5 Å². The number of nitrogens with zero attached hydrogens (tertiary/aromatic N) is 1. The number of rotatable bonds is 17. The number of thioether (sulfide) groups is 1. The van der Waals surface area contributed by atoms with E-state index in [2.05, 4.69) is 16.0 Å². The standard InChI is InChI=1S/C23H36N4O9S2/c1-14(2)21(23(33)24-15(3)17(28)12-37-4)26-22(32)16(13-38(34,35)36)25-18(29)8-6-5-7-11-27-19(30)9-10-20(27)31/h9-10,14-16,21H,5-8,11-13H2,1-4H3,(H,24,33)(H,25,29)(H,26,32)(H,34,35,36)/t15-,16-,21-/m0/s1. The smallest absolute Gasteiger partial charge is 0.267 e. The van der Waals surface area contributed by atoms with E-state index in [0.29, 0.717) is 19.3 Å². The number of unbranched alkanes of at least 4 members (excludes halogenated alkanes) is 2. The normalized spacial score (nSPS) is 15.8. The topological polar surface area (TPSA) is 196 Å². The van der Waals surface area contributed by atoms with Crippen molar-refractivity contribution in [1.82, 2.24) is 20.9 Å². The van der Waals surface area contributed by atoms with Gasteiger partial charge in [0.25, 0.3) is 21.9 Å². The monoisotopic (exact) mass is 576 g/mol. The Morgan fingerprint density at radius 2 is 1.55 bits per heavy atom. The highest BCUT2D eigenvalue weighted by Crippen LogP contribution is 2.09. The van der Waals surface area contributed by atoms with E-state index in [9.17, 15) is 41.7 Å². The number of hydrogen-bond donors (Lipinski definition) is 4. The van der Waals surface area contributed by atoms with Crippen LogP contribution in [0.2, 0.25) is 0 Å². The van der Waals surface area contributed by atoms with Crippen molar-refractivity contribution in [2.75, 3.05) is 24.3 Å². The first-order valence-electron chi connectivity index (χ1n) is 12.1. The summed E-state index contributed by atoms with van der Waals surface area (Å²) in [5.74, 6) is -4.70. The molecule has 214 valence electrons. The van der Waals surface area contributed by atoms with Gasteiger partial charge in [-0.3, -0.25) is 38.2 Å². The molecule has 0 saturated heterocycles. The van der Waals surface area contributed by atoms with E-state index in [1.54, 1.807) is 20.1 Å². The number of imide groups is 1. The molecule has 0 aliphatic carbocycles. The third-order valence-corrected chi connectivity index (χ3v) is 6.92. The minimum absolute atomic E-state index is 0.0848. The van der Waals surface area contributed by atoms with E-state index in [0.717, 1.165) is 4.90 Å². The number of nitrogens with one attached hydrogen (secondary N) is 3. The number of carbonyl (C=O) groups is 6. The van der Waals surface area contributed by atoms with Crippen LogP contribution < -0.4 is 16.0 Å². The average Bonchev–Trinajstić information content (AvgIpc) is 3.12. The van der Waals surface area contributed by atoms with Gasteiger partial charge in [-0.25, -0.2) is 0 Å². The van der Waals surface area contributed by atoms with Crippen molar-refractivity contribution < 1.29 is 41.7 Å². The quantitative estimate of drug-likeness (QED) is 0.0988. The van der Waals surface area contributed by atoms with E-state index >= 15 is 0 Å². The summed E-state index contributed by atoms with van der Waals surface area (Å²) in [6.07, 6.45) is 5.26. The maximum Gasteiger partial charge on any atom is 0.267 e. The molecule has 15 heteroatoms. The number of amides is 5. The fraction of sp³-hybridized carbons (Fsp3) is 0.652. The molecule has 1 rings (SSSR count). The van der Waals surface area contributed by atoms with Crippen molar-refractivity contribution in [1.29, 1.82) is 0 Å². The summed E-state index contributed by atoms with van der Waals surface area (Å²) in [6.45, 7) is 4.97. The van der Waals surface area contributed by atoms with Gasteiger partial charge < -0.3 is 16.0 Å². The molecule has 0 aromatic rings. The molecule has 13 nitrogen and oxygen atoms in total. The molecular formula is C23H36N4O9S2. The van der Waals surface area contributed by atoms with Crippen molar-refractivity contribution in [2.24, 2.45) is 5.92 Å². The maximum atomic E-state index is 12.9. The summed E-state index contributed by atoms with van der Waals surface area (Å²) in [4.78, 5) is 74.1. The van der Waals surface area contributed by atoms with Gasteiger partial charge in [0.05, 0.1) is 11.8 Å². The highest BCUT2D eigenvalue weighted by Gasteiger charge is 2.32. The van der Waals surface area contributed by atoms with Gasteiger partial charge in [0, 0.05) is 25.1 Å². The fourth-order valence-electron chi connectivity index (χ4n) is 3.48. The summed E-state index contributed by atoms with van der Waals surface area (Å²) >= 11 is 1.30. The van der Waals surface area contributed by atoms with E-state index in [1.165, 1.54) is 30.8 Å². The zero-order valence-electron chi connectivity index (χ0n) is 21.9. The first-order chi connectivity index (χ1) is 17.7. The Morgan fingerprint density at radius 1 is 0.947 bits per heavy atom. The van der Waals surface area contributed by atoms with Gasteiger partial charge in [0.15, 0.2) is 5.78 Å². The van der Waals surface area contributed by atoms with Gasteiger partial charge in [-0.15, -0.1) is 0 Å². The van der Waals surface area contributed by atoms with Gasteiger partial charge in [0.1, 0.15) is 17.8 Å². The molecule has 0 bridgehead atoms. The SMILES string of the molecule is CSCC(=O)[C@H](C)NC(=O)[C@@H](NC(=O)[C@H](CS(=O)(=O)O)NC(=O)CCCCCN1C(=O)C=CC1=O)C(C)C. The molecule has 3 atom stereocenters. The van der Waals surface area contributed by atoms with Crippen molar-refractivity contribution in [3.8, 4) is 0 Å². The Kier molecular flexibility index (Phi) is 13.6. The summed E-state index contributed by atoms with van der Waals surface area (Å²) < 4.78 is 32.2. The predicted octanol–water partition coefficient (Wildman–Crippen LogP) is -0.578. The molecule has 38 heavy (non-hydrogen) atoms. The summed E-state index contributed by atoms with van der Waals surface area (Å²) in [5, 5.41) is 7.20. The molecule has 0 fully saturated rings. The zero-order chi connectivity index (χ0) is 29.0. The fourth-order valence-corrected chi connectivity index (χ4v) is 4.67. The maximum absolute atomic E-state index is 12.9. The summed E-state index contributed by atoms with van der Waals surface area (Å²) in [7, 11) is -4.67. The van der Waals surface area contributed by atoms with Crippen molar-refractivity contribution in [3.63, 3.8) is 0 Å². The van der Waals surface area contributed by atoms with Crippen LogP contribution in [-0.4, -0.2) is 95.6 Å². The second-order valence-corrected chi connectivity index (χ2v) is 11.6. The van der Waals surface area contributed by atoms with Crippen LogP contribution in [0, 0.1) is 5.92 Å². The lowest BCUT2D eigenvalue weighted by Crippen LogP contribution is -2.58. The highest BCUT2D eigenvalue weighted by molar-refractivity contribution is 7.99. The Morgan fingerprint density at radius 3 is 2.08 bits per heavy atom. The Hall–Kier alpha value is -2.78. The van der Waals surface area contributed by atoms with Crippen LogP contribution in [0.4, 0.5) is 0 Å². The Labute approximate surface area is 226 Å². The number of Topliss-reactive ketones (excluding diaryl/α,β-unsaturated/α-hetero) is 1. The summed E-state index contributed by atoms with van der Waals surface area (Å²) in [5.41, 5.74) is 0. The molecule has 0 spiro atoms. The van der Waals surface area contributed by atoms with Gasteiger partial charge in [0.2, 0.25) is 17.7 Å². The van der Waals surface area contributed by atoms with Gasteiger partial charge in [-0.1, -0.05) is 20.3 Å². The van der Waals surface area contributed by atoms with Gasteiger partial charge in [-0.05, 0) is 31.9 Å². The van der Waals surface area contributed by atoms with Gasteiger partial charge in [-0.2, -0.15) is 20.2 Å². The third-order valence-electron chi connectivity index (χ3n) is 5.59. The largest absolute Gasteiger partial charge is 0.345 e. The Bertz CT molecular complexity index is 1030. The molecule has 4 N–H and O–H groups in total. The van der Waals surface area contributed by atoms with Crippen LogP contribution in [0.25, 0.3) is 0 Å². The van der Waals surface area contributed by atoms with Crippen LogP contribution in [0.15, 0.2) is 12.2 Å². The lowest BCUT2D eigenvalue weighted by atomic mass is 10.0. The Balaban J connectivity index is 2.71. The van der Waals surface area contributed by atoms with E-state index in [4.69, 9.17) is 0 Å². The molecule has 1 aliphatic rings. The second-order valence-electron chi connectivity index (χ2n) is 9.20. The molecule has 5 amide bonds. The van der Waals surface area contributed by atoms with Crippen molar-refractivity contribution in [2.45, 2.75) is 64.6 Å². The highest BCUT2D eigenvalue weighted by atomic mass is 32.2. The number of carbonyl (C=O) groups excluding carboxylic acids is 6. The van der Waals surface area contributed by atoms with Crippen LogP contribution in [0.5, 0.6) is 0 Å². The molecular weight excluding hydrogens is 540 g/mol. The minimum atomic E-state index is -4.67. The molecule has 0 aromatic heterocycles. The molecule has 0 radical (unpaired) electrons. The second kappa shape index (κ2) is 15.6. The van der Waals surface area contributed by atoms with E-state index in [1.807, 2.05) is 0 Å². The van der Waals surface area contributed by atoms with Crippen molar-refractivity contribution in [3.05, 3.63) is 12.2 Å². The zero-order valence-corrected chi connectivity index (χ0v) is 23.5. The van der Waals surface area contributed by atoms with E-state index < -0.39 is 69.5 Å². The third kappa shape index (κ3) is 11.7. The number of hydrogen-bond acceptors (Lipinski definition) is 9. The molecule has 0 saturated carbocycles. The molecule has 1 aliphatic heterocycles. The molecule has 0 unspecified atom stereocenters. The van der Waals surface area contributed by atoms with Crippen LogP contribution in [-0.2, 0) is 38.9 Å². The summed E-state index contributed by atoms with van der Waals surface area (Å²) in [6, 6.07) is -3.62. The average molecular weight is 577 g/mol. The van der Waals surface area contributed by atoms with Crippen LogP contribution in [0.3, 0.4) is 0 Å². The minimum Gasteiger partial charge on any atom is -0.345 e. The number of ketones is 1. The van der Waals surface area contributed by atoms with Gasteiger partial charge >= 0.3 is 0 Å². The first-order valence-corrected chi connectivity index (χ1v) is 15.1. The predicted molar refractivity (Wildman–Crippen MR) is 140 cm³/mol. The van der Waals surface area contributed by atoms with Crippen molar-refractivity contribution >= 4 is 57.2 Å². The molecule has 1 heterocycles. The first kappa shape index (κ1) is 33.2. The van der Waals surface area contributed by atoms with Crippen LogP contribution in [0.1, 0.15) is 46.5 Å².